The number of benzene rings is 2. The Kier molecular flexibility index (Phi) is 6.81. The lowest BCUT2D eigenvalue weighted by molar-refractivity contribution is -0.137. The first-order chi connectivity index (χ1) is 17.6. The van der Waals surface area contributed by atoms with Gasteiger partial charge in [-0.2, -0.15) is 23.7 Å². The normalized spacial score (nSPS) is 11.0. The van der Waals surface area contributed by atoms with Crippen molar-refractivity contribution in [1.82, 2.24) is 9.55 Å². The number of aryl methyl sites for hydroxylation is 2. The van der Waals surface area contributed by atoms with Crippen molar-refractivity contribution in [3.05, 3.63) is 111 Å². The molecule has 37 heavy (non-hydrogen) atoms. The molecular formula is C28H19F3N4O2. The van der Waals surface area contributed by atoms with Gasteiger partial charge in [0.15, 0.2) is 0 Å². The highest BCUT2D eigenvalue weighted by atomic mass is 19.4. The smallest absolute Gasteiger partial charge is 0.417 e. The Morgan fingerprint density at radius 1 is 1.00 bits per heavy atom. The van der Waals surface area contributed by atoms with Crippen LogP contribution in [0.2, 0.25) is 0 Å². The molecule has 2 aromatic carbocycles. The van der Waals surface area contributed by atoms with E-state index < -0.39 is 22.9 Å². The molecule has 0 atom stereocenters. The van der Waals surface area contributed by atoms with Crippen molar-refractivity contribution >= 4 is 0 Å². The molecule has 0 bridgehead atoms. The van der Waals surface area contributed by atoms with E-state index in [9.17, 15) is 28.5 Å². The first-order valence-corrected chi connectivity index (χ1v) is 11.1. The van der Waals surface area contributed by atoms with Gasteiger partial charge in [-0.3, -0.25) is 4.79 Å². The summed E-state index contributed by atoms with van der Waals surface area (Å²) >= 11 is 0. The lowest BCUT2D eigenvalue weighted by Crippen LogP contribution is -2.29. The number of nitrogens with zero attached hydrogens (tertiary/aromatic N) is 4. The van der Waals surface area contributed by atoms with E-state index in [0.717, 1.165) is 22.8 Å². The fourth-order valence-corrected chi connectivity index (χ4v) is 3.93. The second kappa shape index (κ2) is 10.00. The highest BCUT2D eigenvalue weighted by Gasteiger charge is 2.36. The zero-order valence-corrected chi connectivity index (χ0v) is 19.8. The van der Waals surface area contributed by atoms with Crippen LogP contribution < -0.4 is 10.3 Å². The van der Waals surface area contributed by atoms with Crippen LogP contribution in [0.3, 0.4) is 0 Å². The summed E-state index contributed by atoms with van der Waals surface area (Å²) in [5.41, 5.74) is -0.151. The molecule has 0 fully saturated rings. The number of aromatic nitrogens is 2. The summed E-state index contributed by atoms with van der Waals surface area (Å²) in [5.74, 6) is 0.383. The molecule has 9 heteroatoms. The van der Waals surface area contributed by atoms with E-state index in [-0.39, 0.29) is 23.7 Å². The maximum absolute atomic E-state index is 13.8. The van der Waals surface area contributed by atoms with Crippen molar-refractivity contribution in [3.8, 4) is 35.0 Å². The van der Waals surface area contributed by atoms with Crippen molar-refractivity contribution < 1.29 is 17.9 Å². The number of nitriles is 2. The van der Waals surface area contributed by atoms with Crippen LogP contribution in [0.5, 0.6) is 11.6 Å². The van der Waals surface area contributed by atoms with Crippen LogP contribution in [0.1, 0.15) is 33.4 Å². The monoisotopic (exact) mass is 500 g/mol. The number of hydrogen-bond donors (Lipinski definition) is 0. The number of pyridine rings is 2. The number of hydrogen-bond acceptors (Lipinski definition) is 5. The van der Waals surface area contributed by atoms with Crippen LogP contribution in [-0.4, -0.2) is 9.55 Å². The van der Waals surface area contributed by atoms with Crippen molar-refractivity contribution in [1.29, 1.82) is 10.5 Å². The lowest BCUT2D eigenvalue weighted by Gasteiger charge is -2.19. The highest BCUT2D eigenvalue weighted by Crippen LogP contribution is 2.34. The summed E-state index contributed by atoms with van der Waals surface area (Å²) in [4.78, 5) is 17.2. The number of halogens is 3. The molecule has 0 N–H and O–H groups in total. The van der Waals surface area contributed by atoms with E-state index >= 15 is 0 Å². The summed E-state index contributed by atoms with van der Waals surface area (Å²) < 4.78 is 48.2. The molecule has 2 aromatic heterocycles. The molecule has 0 aliphatic carbocycles. The second-order valence-electron chi connectivity index (χ2n) is 8.34. The fraction of sp³-hybridized carbons (Fsp3) is 0.143. The summed E-state index contributed by atoms with van der Waals surface area (Å²) in [7, 11) is 0. The minimum Gasteiger partial charge on any atom is -0.438 e. The van der Waals surface area contributed by atoms with Crippen LogP contribution in [0.25, 0.3) is 11.3 Å². The van der Waals surface area contributed by atoms with Gasteiger partial charge < -0.3 is 9.30 Å². The summed E-state index contributed by atoms with van der Waals surface area (Å²) in [5, 5.41) is 18.6. The van der Waals surface area contributed by atoms with Gasteiger partial charge in [0.2, 0.25) is 5.88 Å². The van der Waals surface area contributed by atoms with Crippen molar-refractivity contribution in [2.45, 2.75) is 26.6 Å². The molecule has 0 spiro atoms. The molecule has 184 valence electrons. The van der Waals surface area contributed by atoms with Crippen LogP contribution in [0, 0.1) is 36.5 Å². The van der Waals surface area contributed by atoms with Gasteiger partial charge in [-0.1, -0.05) is 23.8 Å². The minimum absolute atomic E-state index is 0.00148. The lowest BCUT2D eigenvalue weighted by atomic mass is 10.0. The topological polar surface area (TPSA) is 91.7 Å². The van der Waals surface area contributed by atoms with Crippen LogP contribution in [0.4, 0.5) is 13.2 Å². The van der Waals surface area contributed by atoms with E-state index in [1.54, 1.807) is 12.1 Å². The summed E-state index contributed by atoms with van der Waals surface area (Å²) in [6, 6.07) is 18.9. The average molecular weight is 500 g/mol. The number of rotatable bonds is 5. The highest BCUT2D eigenvalue weighted by molar-refractivity contribution is 5.64. The van der Waals surface area contributed by atoms with E-state index in [2.05, 4.69) is 4.98 Å². The maximum Gasteiger partial charge on any atom is 0.417 e. The van der Waals surface area contributed by atoms with Gasteiger partial charge >= 0.3 is 6.18 Å². The van der Waals surface area contributed by atoms with Crippen molar-refractivity contribution in [3.63, 3.8) is 0 Å². The number of ether oxygens (including phenoxy) is 1. The second-order valence-corrected chi connectivity index (χ2v) is 8.34. The predicted molar refractivity (Wildman–Crippen MR) is 130 cm³/mol. The van der Waals surface area contributed by atoms with Gasteiger partial charge in [0.25, 0.3) is 5.56 Å². The van der Waals surface area contributed by atoms with Gasteiger partial charge in [0.1, 0.15) is 29.0 Å². The summed E-state index contributed by atoms with van der Waals surface area (Å²) in [6.07, 6.45) is -3.43. The average Bonchev–Trinajstić information content (AvgIpc) is 2.86. The zero-order valence-electron chi connectivity index (χ0n) is 19.8. The third-order valence-corrected chi connectivity index (χ3v) is 5.80. The molecule has 0 unspecified atom stereocenters. The Morgan fingerprint density at radius 2 is 1.73 bits per heavy atom. The molecule has 0 saturated carbocycles. The molecule has 6 nitrogen and oxygen atoms in total. The van der Waals surface area contributed by atoms with Gasteiger partial charge in [0, 0.05) is 6.20 Å². The first-order valence-electron chi connectivity index (χ1n) is 11.1. The molecule has 0 aliphatic rings. The third-order valence-electron chi connectivity index (χ3n) is 5.80. The standard InChI is InChI=1S/C28H19F3N4O2/c1-17-5-6-21(18(2)12-17)16-35-25(13-24(28(29,30)31)23(15-33)27(35)36)19-7-9-22(10-8-19)37-26-20(14-32)4-3-11-34-26/h3-13H,16H2,1-2H3. The van der Waals surface area contributed by atoms with Crippen molar-refractivity contribution in [2.75, 3.05) is 0 Å². The third kappa shape index (κ3) is 5.21. The van der Waals surface area contributed by atoms with Crippen LogP contribution in [-0.2, 0) is 12.7 Å². The minimum atomic E-state index is -4.90. The fourth-order valence-electron chi connectivity index (χ4n) is 3.93. The predicted octanol–water partition coefficient (Wildman–Crippen LogP) is 6.13. The Morgan fingerprint density at radius 3 is 2.35 bits per heavy atom. The van der Waals surface area contributed by atoms with Gasteiger partial charge in [-0.25, -0.2) is 4.98 Å². The molecule has 0 radical (unpaired) electrons. The van der Waals surface area contributed by atoms with E-state index in [4.69, 9.17) is 4.74 Å². The largest absolute Gasteiger partial charge is 0.438 e. The zero-order chi connectivity index (χ0) is 26.7. The van der Waals surface area contributed by atoms with Crippen molar-refractivity contribution in [2.24, 2.45) is 0 Å². The molecular weight excluding hydrogens is 481 g/mol. The van der Waals surface area contributed by atoms with E-state index in [1.165, 1.54) is 47.2 Å². The molecule has 0 saturated heterocycles. The van der Waals surface area contributed by atoms with E-state index in [1.807, 2.05) is 32.0 Å². The van der Waals surface area contributed by atoms with Gasteiger partial charge in [0.05, 0.1) is 17.8 Å². The molecule has 2 heterocycles. The molecule has 0 amide bonds. The first kappa shape index (κ1) is 25.2. The van der Waals surface area contributed by atoms with Crippen LogP contribution >= 0.6 is 0 Å². The van der Waals surface area contributed by atoms with Gasteiger partial charge in [-0.05, 0) is 73.0 Å². The quantitative estimate of drug-likeness (QED) is 0.329. The van der Waals surface area contributed by atoms with E-state index in [0.29, 0.717) is 11.3 Å². The van der Waals surface area contributed by atoms with Crippen LogP contribution in [0.15, 0.2) is 71.7 Å². The molecule has 4 aromatic rings. The Labute approximate surface area is 210 Å². The summed E-state index contributed by atoms with van der Waals surface area (Å²) in [6.45, 7) is 3.74. The number of alkyl halides is 3. The molecule has 0 aliphatic heterocycles. The Hall–Kier alpha value is -4.89. The SMILES string of the molecule is Cc1ccc(Cn2c(-c3ccc(Oc4ncccc4C#N)cc3)cc(C(F)(F)F)c(C#N)c2=O)c(C)c1. The maximum atomic E-state index is 13.8. The van der Waals surface area contributed by atoms with Gasteiger partial charge in [-0.15, -0.1) is 0 Å². The Bertz CT molecular complexity index is 1630. The molecule has 4 rings (SSSR count). The Balaban J connectivity index is 1.84.